The average Bonchev–Trinajstić information content (AvgIpc) is 1.87. The first-order valence-corrected chi connectivity index (χ1v) is 3.11. The fraction of sp³-hybridized carbons (Fsp3) is 0.800. The summed E-state index contributed by atoms with van der Waals surface area (Å²) in [7, 11) is 0. The van der Waals surface area contributed by atoms with Crippen LogP contribution in [0.5, 0.6) is 0 Å². The van der Waals surface area contributed by atoms with Gasteiger partial charge in [0.25, 0.3) is 0 Å². The maximum Gasteiger partial charge on any atom is 0.334 e. The fourth-order valence-corrected chi connectivity index (χ4v) is 0.335. The van der Waals surface area contributed by atoms with Crippen LogP contribution in [0.4, 0.5) is 0 Å². The molecule has 1 unspecified atom stereocenters. The topological polar surface area (TPSA) is 85.0 Å². The highest BCUT2D eigenvalue weighted by molar-refractivity contribution is 5.72. The van der Waals surface area contributed by atoms with Gasteiger partial charge in [0.2, 0.25) is 6.04 Å². The number of hydrogen-bond donors (Lipinski definition) is 1. The van der Waals surface area contributed by atoms with E-state index in [1.165, 1.54) is 6.92 Å². The van der Waals surface area contributed by atoms with Crippen molar-refractivity contribution >= 4 is 5.97 Å². The first-order chi connectivity index (χ1) is 5.07. The monoisotopic (exact) mass is 162 g/mol. The molecule has 0 aliphatic rings. The summed E-state index contributed by atoms with van der Waals surface area (Å²) in [5, 5.41) is 21.7. The molecule has 0 radical (unpaired) electrons. The van der Waals surface area contributed by atoms with Crippen LogP contribution in [0.15, 0.2) is 5.11 Å². The summed E-state index contributed by atoms with van der Waals surface area (Å²) < 4.78 is 0. The van der Waals surface area contributed by atoms with Crippen molar-refractivity contribution in [1.82, 2.24) is 0 Å². The highest BCUT2D eigenvalue weighted by Gasteiger charge is 2.14. The number of carboxylic acid groups (broad SMARTS) is 1. The van der Waals surface area contributed by atoms with Crippen molar-refractivity contribution in [1.29, 1.82) is 0 Å². The van der Waals surface area contributed by atoms with E-state index in [-0.39, 0.29) is 11.6 Å². The maximum atomic E-state index is 10.4. The summed E-state index contributed by atoms with van der Waals surface area (Å²) in [4.78, 5) is 14.4. The molecule has 0 aromatic carbocycles. The Morgan fingerprint density at radius 2 is 2.45 bits per heavy atom. The molecule has 1 N–H and O–H groups in total. The molecule has 0 aromatic heterocycles. The van der Waals surface area contributed by atoms with Crippen LogP contribution in [0.2, 0.25) is 0 Å². The summed E-state index contributed by atoms with van der Waals surface area (Å²) in [5.74, 6) is -1.16. The highest BCUT2D eigenvalue weighted by Crippen LogP contribution is 1.90. The number of nitrogens with zero attached hydrogens (tertiary/aromatic N) is 2. The van der Waals surface area contributed by atoms with Crippen LogP contribution in [-0.2, 0) is 9.63 Å². The van der Waals surface area contributed by atoms with Gasteiger partial charge in [0.1, 0.15) is 0 Å². The molecule has 64 valence electrons. The van der Waals surface area contributed by atoms with Crippen molar-refractivity contribution in [2.75, 3.05) is 6.61 Å². The molecule has 0 fully saturated rings. The SMILES string of the molecule is CCO[N+]([O-])=NC(C)C(=O)O. The molecule has 0 aliphatic heterocycles. The molecule has 0 heterocycles. The molecule has 0 spiro atoms. The van der Waals surface area contributed by atoms with Gasteiger partial charge in [0, 0.05) is 5.11 Å². The predicted octanol–water partition coefficient (Wildman–Crippen LogP) is 0.374. The number of hydrogen-bond acceptors (Lipinski definition) is 4. The molecular formula is C5H10N2O4. The molecule has 0 aromatic rings. The predicted molar refractivity (Wildman–Crippen MR) is 34.8 cm³/mol. The quantitative estimate of drug-likeness (QED) is 0.478. The Morgan fingerprint density at radius 3 is 2.82 bits per heavy atom. The minimum absolute atomic E-state index is 0.0845. The van der Waals surface area contributed by atoms with E-state index in [0.29, 0.717) is 0 Å². The lowest BCUT2D eigenvalue weighted by atomic mass is 10.4. The molecular weight excluding hydrogens is 152 g/mol. The second kappa shape index (κ2) is 4.48. The van der Waals surface area contributed by atoms with Gasteiger partial charge in [-0.05, 0) is 6.92 Å². The molecule has 0 rings (SSSR count). The van der Waals surface area contributed by atoms with E-state index in [1.807, 2.05) is 0 Å². The maximum absolute atomic E-state index is 10.4. The van der Waals surface area contributed by atoms with Crippen LogP contribution in [0.1, 0.15) is 13.8 Å². The second-order valence-electron chi connectivity index (χ2n) is 1.79. The summed E-state index contributed by atoms with van der Waals surface area (Å²) in [6.45, 7) is 3.05. The van der Waals surface area contributed by atoms with Crippen LogP contribution in [-0.4, -0.2) is 28.7 Å². The molecule has 0 saturated carbocycles. The van der Waals surface area contributed by atoms with Gasteiger partial charge in [-0.1, -0.05) is 6.92 Å². The van der Waals surface area contributed by atoms with Gasteiger partial charge in [-0.3, -0.25) is 0 Å². The first kappa shape index (κ1) is 9.67. The van der Waals surface area contributed by atoms with Gasteiger partial charge < -0.3 is 9.94 Å². The van der Waals surface area contributed by atoms with Gasteiger partial charge in [0.05, 0.1) is 6.61 Å². The lowest BCUT2D eigenvalue weighted by molar-refractivity contribution is -0.791. The van der Waals surface area contributed by atoms with E-state index < -0.39 is 12.0 Å². The third-order valence-electron chi connectivity index (χ3n) is 0.864. The van der Waals surface area contributed by atoms with E-state index >= 15 is 0 Å². The van der Waals surface area contributed by atoms with Gasteiger partial charge in [0.15, 0.2) is 5.02 Å². The van der Waals surface area contributed by atoms with Crippen molar-refractivity contribution in [3.63, 3.8) is 0 Å². The van der Waals surface area contributed by atoms with Crippen LogP contribution in [0.3, 0.4) is 0 Å². The Kier molecular flexibility index (Phi) is 3.94. The van der Waals surface area contributed by atoms with Crippen molar-refractivity contribution in [2.24, 2.45) is 5.11 Å². The van der Waals surface area contributed by atoms with Crippen molar-refractivity contribution < 1.29 is 19.8 Å². The van der Waals surface area contributed by atoms with Crippen LogP contribution < -0.4 is 0 Å². The zero-order valence-corrected chi connectivity index (χ0v) is 6.35. The van der Waals surface area contributed by atoms with Gasteiger partial charge in [-0.25, -0.2) is 10.0 Å². The van der Waals surface area contributed by atoms with E-state index in [2.05, 4.69) is 9.95 Å². The first-order valence-electron chi connectivity index (χ1n) is 3.11. The summed E-state index contributed by atoms with van der Waals surface area (Å²) in [6.07, 6.45) is 0. The van der Waals surface area contributed by atoms with Gasteiger partial charge >= 0.3 is 5.97 Å². The van der Waals surface area contributed by atoms with Crippen LogP contribution in [0, 0.1) is 5.21 Å². The minimum atomic E-state index is -1.16. The van der Waals surface area contributed by atoms with E-state index in [0.717, 1.165) is 0 Å². The Labute approximate surface area is 63.6 Å². The zero-order chi connectivity index (χ0) is 8.85. The van der Waals surface area contributed by atoms with Gasteiger partial charge in [-0.15, -0.1) is 0 Å². The average molecular weight is 162 g/mol. The Bertz CT molecular complexity index is 168. The lowest BCUT2D eigenvalue weighted by Gasteiger charge is -1.98. The number of carboxylic acids is 1. The molecule has 0 saturated heterocycles. The zero-order valence-electron chi connectivity index (χ0n) is 6.35. The number of rotatable bonds is 4. The molecule has 0 amide bonds. The molecule has 6 heteroatoms. The van der Waals surface area contributed by atoms with Crippen LogP contribution >= 0.6 is 0 Å². The molecule has 1 atom stereocenters. The normalized spacial score (nSPS) is 14.2. The van der Waals surface area contributed by atoms with E-state index in [9.17, 15) is 10.0 Å². The summed E-state index contributed by atoms with van der Waals surface area (Å²) in [5.41, 5.74) is 0. The van der Waals surface area contributed by atoms with E-state index in [4.69, 9.17) is 5.11 Å². The van der Waals surface area contributed by atoms with Gasteiger partial charge in [-0.2, -0.15) is 0 Å². The molecule has 0 bridgehead atoms. The smallest absolute Gasteiger partial charge is 0.334 e. The Balaban J connectivity index is 3.96. The third kappa shape index (κ3) is 4.12. The molecule has 0 aliphatic carbocycles. The van der Waals surface area contributed by atoms with Crippen molar-refractivity contribution in [3.8, 4) is 0 Å². The Hall–Kier alpha value is -1.33. The minimum Gasteiger partial charge on any atom is -0.479 e. The highest BCUT2D eigenvalue weighted by atomic mass is 16.9. The van der Waals surface area contributed by atoms with E-state index in [1.54, 1.807) is 6.92 Å². The Morgan fingerprint density at radius 1 is 1.91 bits per heavy atom. The standard InChI is InChI=1S/C5H10N2O4/c1-3-11-7(10)6-4(2)5(8)9/h4H,3H2,1-2H3,(H,8,9). The van der Waals surface area contributed by atoms with Crippen molar-refractivity contribution in [3.05, 3.63) is 5.21 Å². The fourth-order valence-electron chi connectivity index (χ4n) is 0.335. The van der Waals surface area contributed by atoms with Crippen molar-refractivity contribution in [2.45, 2.75) is 19.9 Å². The third-order valence-corrected chi connectivity index (χ3v) is 0.864. The lowest BCUT2D eigenvalue weighted by Crippen LogP contribution is -2.16. The number of carbonyl (C=O) groups is 1. The molecule has 6 nitrogen and oxygen atoms in total. The summed E-state index contributed by atoms with van der Waals surface area (Å²) >= 11 is 0. The second-order valence-corrected chi connectivity index (χ2v) is 1.79. The summed E-state index contributed by atoms with van der Waals surface area (Å²) in [6, 6.07) is -1.07. The largest absolute Gasteiger partial charge is 0.479 e. The molecule has 11 heavy (non-hydrogen) atoms. The number of aliphatic carboxylic acids is 1. The van der Waals surface area contributed by atoms with Crippen LogP contribution in [0.25, 0.3) is 0 Å².